The largest absolute Gasteiger partial charge is 0.510 e. The van der Waals surface area contributed by atoms with E-state index in [4.69, 9.17) is 21.1 Å². The van der Waals surface area contributed by atoms with Gasteiger partial charge in [-0.2, -0.15) is 0 Å². The smallest absolute Gasteiger partial charge is 0.317 e. The lowest BCUT2D eigenvalue weighted by molar-refractivity contribution is -0.149. The number of hydrogen-bond acceptors (Lipinski definition) is 4. The first-order chi connectivity index (χ1) is 21.5. The molecule has 0 spiro atoms. The van der Waals surface area contributed by atoms with Gasteiger partial charge in [0.15, 0.2) is 0 Å². The Hall–Kier alpha value is -4.11. The van der Waals surface area contributed by atoms with Crippen LogP contribution in [-0.2, 0) is 14.3 Å². The molecule has 3 aromatic rings. The number of hydrogen-bond donors (Lipinski definition) is 1. The molecule has 5 rings (SSSR count). The van der Waals surface area contributed by atoms with Gasteiger partial charge in [-0.3, -0.25) is 4.79 Å². The molecule has 2 atom stereocenters. The fraction of sp³-hybridized carbons (Fsp3) is 0.184. The molecular weight excluding hydrogens is 587 g/mol. The summed E-state index contributed by atoms with van der Waals surface area (Å²) in [7, 11) is -2.58. The number of ether oxygens (including phenoxy) is 2. The molecule has 2 bridgehead atoms. The quantitative estimate of drug-likeness (QED) is 0.141. The van der Waals surface area contributed by atoms with Crippen molar-refractivity contribution in [3.05, 3.63) is 161 Å². The fourth-order valence-corrected chi connectivity index (χ4v) is 9.94. The first-order valence-electron chi connectivity index (χ1n) is 14.9. The molecule has 0 radical (unpaired) electrons. The van der Waals surface area contributed by atoms with Crippen molar-refractivity contribution in [3.63, 3.8) is 0 Å². The normalized spacial score (nSPS) is 19.9. The third kappa shape index (κ3) is 6.53. The molecule has 44 heavy (non-hydrogen) atoms. The second-order valence-corrected chi connectivity index (χ2v) is 14.2. The van der Waals surface area contributed by atoms with Crippen LogP contribution in [0.2, 0.25) is 0 Å². The summed E-state index contributed by atoms with van der Waals surface area (Å²) in [4.78, 5) is 14.2. The Morgan fingerprint density at radius 1 is 0.841 bits per heavy atom. The molecule has 6 heteroatoms. The Kier molecular flexibility index (Phi) is 10.4. The SMILES string of the molecule is CCOC(=O)C(/C(=C/[P+](c1ccccc1)(c1ccccc1)c1ccccc1)OCC)C1C2=CC=CC=C(/C=C\C(Cl)=C/1O)C2. The minimum absolute atomic E-state index is 0.0877. The molecule has 1 N–H and O–H groups in total. The summed E-state index contributed by atoms with van der Waals surface area (Å²) in [5, 5.41) is 15.2. The Balaban J connectivity index is 1.85. The number of aliphatic hydroxyl groups excluding tert-OH is 1. The van der Waals surface area contributed by atoms with Gasteiger partial charge >= 0.3 is 5.97 Å². The van der Waals surface area contributed by atoms with Crippen LogP contribution in [-0.4, -0.2) is 24.3 Å². The van der Waals surface area contributed by atoms with Crippen molar-refractivity contribution in [1.29, 1.82) is 0 Å². The number of carbonyl (C=O) groups is 1. The molecule has 2 aliphatic rings. The van der Waals surface area contributed by atoms with Gasteiger partial charge in [-0.1, -0.05) is 102 Å². The van der Waals surface area contributed by atoms with Crippen LogP contribution in [0.3, 0.4) is 0 Å². The second kappa shape index (κ2) is 14.6. The predicted octanol–water partition coefficient (Wildman–Crippen LogP) is 8.04. The average Bonchev–Trinajstić information content (AvgIpc) is 3.31. The van der Waals surface area contributed by atoms with E-state index in [1.807, 2.05) is 91.9 Å². The van der Waals surface area contributed by atoms with Gasteiger partial charge in [0.2, 0.25) is 0 Å². The van der Waals surface area contributed by atoms with E-state index in [9.17, 15) is 9.90 Å². The average molecular weight is 624 g/mol. The zero-order valence-corrected chi connectivity index (χ0v) is 26.6. The Bertz CT molecular complexity index is 1540. The van der Waals surface area contributed by atoms with Crippen molar-refractivity contribution in [2.45, 2.75) is 20.3 Å². The van der Waals surface area contributed by atoms with Gasteiger partial charge in [0.25, 0.3) is 0 Å². The van der Waals surface area contributed by atoms with Gasteiger partial charge in [-0.15, -0.1) is 0 Å². The first-order valence-corrected chi connectivity index (χ1v) is 17.1. The van der Waals surface area contributed by atoms with Crippen molar-refractivity contribution in [2.24, 2.45) is 11.8 Å². The molecule has 0 amide bonds. The van der Waals surface area contributed by atoms with E-state index in [1.165, 1.54) is 0 Å². The lowest BCUT2D eigenvalue weighted by Crippen LogP contribution is -2.34. The molecule has 0 aromatic heterocycles. The number of esters is 1. The number of carbonyl (C=O) groups excluding carboxylic acids is 1. The standard InChI is InChI=1S/C38H36ClO4P/c1-3-42-34(36(38(41)43-4-2)35-29-17-15-14-16-28(26-29)24-25-33(39)37(35)40)27-44(30-18-8-5-9-19-30,31-20-10-6-11-21-31)32-22-12-7-13-23-32/h5-25,27,35-36H,3-4,26H2,1-2H3/p+1/b25-24-,34-27-,37-33-. The van der Waals surface area contributed by atoms with E-state index < -0.39 is 25.1 Å². The van der Waals surface area contributed by atoms with Crippen LogP contribution >= 0.6 is 18.9 Å². The predicted molar refractivity (Wildman–Crippen MR) is 183 cm³/mol. The molecule has 3 aromatic carbocycles. The van der Waals surface area contributed by atoms with Crippen LogP contribution < -0.4 is 15.9 Å². The van der Waals surface area contributed by atoms with E-state index in [2.05, 4.69) is 42.2 Å². The summed E-state index contributed by atoms with van der Waals surface area (Å²) in [6.45, 7) is 4.18. The summed E-state index contributed by atoms with van der Waals surface area (Å²) in [5.74, 6) is 0.225. The molecule has 0 saturated heterocycles. The highest BCUT2D eigenvalue weighted by Crippen LogP contribution is 2.59. The molecule has 2 unspecified atom stereocenters. The number of rotatable bonds is 10. The molecule has 4 nitrogen and oxygen atoms in total. The summed E-state index contributed by atoms with van der Waals surface area (Å²) in [6, 6.07) is 31.1. The highest BCUT2D eigenvalue weighted by atomic mass is 35.5. The highest BCUT2D eigenvalue weighted by Gasteiger charge is 2.48. The summed E-state index contributed by atoms with van der Waals surface area (Å²) in [5.41, 5.74) is 1.86. The summed E-state index contributed by atoms with van der Waals surface area (Å²) >= 11 is 6.69. The lowest BCUT2D eigenvalue weighted by atomic mass is 9.79. The summed E-state index contributed by atoms with van der Waals surface area (Å²) < 4.78 is 12.2. The third-order valence-corrected chi connectivity index (χ3v) is 12.1. The van der Waals surface area contributed by atoms with E-state index >= 15 is 0 Å². The zero-order chi connectivity index (χ0) is 30.9. The minimum atomic E-state index is -2.58. The van der Waals surface area contributed by atoms with Crippen LogP contribution in [0.4, 0.5) is 0 Å². The Labute approximate surface area is 265 Å². The third-order valence-electron chi connectivity index (χ3n) is 7.83. The number of halogens is 1. The second-order valence-electron chi connectivity index (χ2n) is 10.5. The van der Waals surface area contributed by atoms with Crippen molar-refractivity contribution >= 4 is 40.7 Å². The fourth-order valence-electron chi connectivity index (χ4n) is 5.88. The molecule has 224 valence electrons. The van der Waals surface area contributed by atoms with Crippen molar-refractivity contribution < 1.29 is 19.4 Å². The van der Waals surface area contributed by atoms with Crippen molar-refractivity contribution in [3.8, 4) is 0 Å². The van der Waals surface area contributed by atoms with Gasteiger partial charge in [0, 0.05) is 0 Å². The molecule has 0 saturated carbocycles. The number of aliphatic hydroxyl groups is 1. The van der Waals surface area contributed by atoms with Gasteiger partial charge in [-0.25, -0.2) is 0 Å². The molecule has 0 heterocycles. The van der Waals surface area contributed by atoms with Gasteiger partial charge in [0.05, 0.1) is 24.2 Å². The Morgan fingerprint density at radius 3 is 1.89 bits per heavy atom. The minimum Gasteiger partial charge on any atom is -0.510 e. The van der Waals surface area contributed by atoms with Crippen molar-refractivity contribution in [2.75, 3.05) is 13.2 Å². The maximum atomic E-state index is 14.2. The van der Waals surface area contributed by atoms with Gasteiger partial charge in [-0.05, 0) is 68.3 Å². The number of benzene rings is 3. The van der Waals surface area contributed by atoms with E-state index in [-0.39, 0.29) is 17.4 Å². The van der Waals surface area contributed by atoms with E-state index in [0.717, 1.165) is 27.1 Å². The van der Waals surface area contributed by atoms with Gasteiger partial charge in [0.1, 0.15) is 46.4 Å². The number of fused-ring (bicyclic) bond motifs is 2. The van der Waals surface area contributed by atoms with Crippen LogP contribution in [0.1, 0.15) is 20.3 Å². The topological polar surface area (TPSA) is 55.8 Å². The van der Waals surface area contributed by atoms with Crippen LogP contribution in [0.25, 0.3) is 0 Å². The first kappa shape index (κ1) is 31.3. The highest BCUT2D eigenvalue weighted by molar-refractivity contribution is 7.98. The molecule has 0 aliphatic heterocycles. The maximum Gasteiger partial charge on any atom is 0.317 e. The molecule has 0 fully saturated rings. The van der Waals surface area contributed by atoms with E-state index in [0.29, 0.717) is 18.8 Å². The lowest BCUT2D eigenvalue weighted by Gasteiger charge is -2.32. The zero-order valence-electron chi connectivity index (χ0n) is 25.0. The molecule has 2 aliphatic carbocycles. The van der Waals surface area contributed by atoms with Crippen molar-refractivity contribution in [1.82, 2.24) is 0 Å². The van der Waals surface area contributed by atoms with E-state index in [1.54, 1.807) is 13.0 Å². The van der Waals surface area contributed by atoms with Crippen LogP contribution in [0, 0.1) is 11.8 Å². The van der Waals surface area contributed by atoms with Crippen LogP contribution in [0.15, 0.2) is 161 Å². The molecular formula is C38H37ClO4P+. The van der Waals surface area contributed by atoms with Gasteiger partial charge < -0.3 is 14.6 Å². The number of allylic oxidation sites excluding steroid dienone is 9. The summed E-state index contributed by atoms with van der Waals surface area (Å²) in [6.07, 6.45) is 12.0. The monoisotopic (exact) mass is 623 g/mol. The van der Waals surface area contributed by atoms with Crippen LogP contribution in [0.5, 0.6) is 0 Å². The maximum absolute atomic E-state index is 14.2. The Morgan fingerprint density at radius 2 is 1.36 bits per heavy atom.